The summed E-state index contributed by atoms with van der Waals surface area (Å²) < 4.78 is 35.6. The molecule has 7 rings (SSSR count). The Morgan fingerprint density at radius 2 is 1.64 bits per heavy atom. The minimum absolute atomic E-state index is 0.0122. The fourth-order valence-electron chi connectivity index (χ4n) is 6.78. The van der Waals surface area contributed by atoms with Gasteiger partial charge in [-0.25, -0.2) is 9.36 Å². The van der Waals surface area contributed by atoms with Crippen molar-refractivity contribution in [2.45, 2.75) is 84.4 Å². The highest BCUT2D eigenvalue weighted by Gasteiger charge is 2.38. The minimum Gasteiger partial charge on any atom is -0.443 e. The van der Waals surface area contributed by atoms with Crippen LogP contribution < -0.4 is 0 Å². The predicted octanol–water partition coefficient (Wildman–Crippen LogP) is 6.73. The van der Waals surface area contributed by atoms with Gasteiger partial charge in [0.1, 0.15) is 5.60 Å². The topological polar surface area (TPSA) is 98.1 Å². The molecule has 44 heavy (non-hydrogen) atoms. The quantitative estimate of drug-likeness (QED) is 0.312. The lowest BCUT2D eigenvalue weighted by Gasteiger charge is -2.46. The number of carbonyl (C=O) groups is 2. The molecule has 0 bridgehead atoms. The highest BCUT2D eigenvalue weighted by Crippen LogP contribution is 2.49. The Morgan fingerprint density at radius 3 is 2.23 bits per heavy atom. The lowest BCUT2D eigenvalue weighted by atomic mass is 9.60. The van der Waals surface area contributed by atoms with Crippen molar-refractivity contribution in [3.8, 4) is 11.3 Å². The molecular formula is C34H43N3O6S. The maximum absolute atomic E-state index is 13.5. The van der Waals surface area contributed by atoms with Crippen molar-refractivity contribution < 1.29 is 27.0 Å². The van der Waals surface area contributed by atoms with E-state index in [1.54, 1.807) is 64.7 Å². The van der Waals surface area contributed by atoms with Gasteiger partial charge in [-0.15, -0.1) is 4.28 Å². The molecule has 2 aliphatic carbocycles. The normalized spacial score (nSPS) is 21.5. The van der Waals surface area contributed by atoms with Crippen LogP contribution in [0.5, 0.6) is 0 Å². The summed E-state index contributed by atoms with van der Waals surface area (Å²) in [6.07, 6.45) is 10.3. The molecule has 236 valence electrons. The lowest BCUT2D eigenvalue weighted by Crippen LogP contribution is -2.34. The van der Waals surface area contributed by atoms with Gasteiger partial charge in [-0.1, -0.05) is 30.7 Å². The van der Waals surface area contributed by atoms with Gasteiger partial charge in [0.05, 0.1) is 29.6 Å². The number of aromatic nitrogens is 1. The summed E-state index contributed by atoms with van der Waals surface area (Å²) in [4.78, 5) is 29.2. The molecular weight excluding hydrogens is 578 g/mol. The first-order valence-corrected chi connectivity index (χ1v) is 17.6. The standard InChI is InChI=1S/C28H33N3O6S.C6H10/c1-28(2,3)36-27(33)31-23-12-11-19(17-29-13-6-5-7-14-29)15-21(23)16-24(31)22-10-8-9-20-18-30(26(32)25(20)22)37-38(4,34)35;1-2-6-4-3-5(1)6/h8-12,15-16H,5-7,13-14,17-18H2,1-4H3;5-6H,1-4H2. The second-order valence-electron chi connectivity index (χ2n) is 13.7. The van der Waals surface area contributed by atoms with Gasteiger partial charge in [0.15, 0.2) is 0 Å². The first-order valence-electron chi connectivity index (χ1n) is 15.8. The van der Waals surface area contributed by atoms with Crippen LogP contribution in [0.2, 0.25) is 0 Å². The monoisotopic (exact) mass is 621 g/mol. The number of nitrogens with zero attached hydrogens (tertiary/aromatic N) is 3. The Kier molecular flexibility index (Phi) is 8.36. The van der Waals surface area contributed by atoms with Crippen molar-refractivity contribution in [3.63, 3.8) is 0 Å². The molecule has 1 amide bonds. The van der Waals surface area contributed by atoms with Crippen LogP contribution in [-0.4, -0.2) is 59.9 Å². The van der Waals surface area contributed by atoms with Crippen molar-refractivity contribution >= 4 is 33.0 Å². The molecule has 3 aromatic rings. The van der Waals surface area contributed by atoms with Crippen LogP contribution in [0.4, 0.5) is 4.79 Å². The van der Waals surface area contributed by atoms with Gasteiger partial charge in [0, 0.05) is 17.5 Å². The van der Waals surface area contributed by atoms with E-state index < -0.39 is 27.7 Å². The predicted molar refractivity (Wildman–Crippen MR) is 169 cm³/mol. The average Bonchev–Trinajstić information content (AvgIpc) is 3.47. The molecule has 1 aromatic heterocycles. The van der Waals surface area contributed by atoms with Gasteiger partial charge in [-0.3, -0.25) is 9.69 Å². The third-order valence-electron chi connectivity index (χ3n) is 9.19. The van der Waals surface area contributed by atoms with E-state index >= 15 is 0 Å². The minimum atomic E-state index is -3.89. The highest BCUT2D eigenvalue weighted by atomic mass is 32.2. The molecule has 1 saturated heterocycles. The van der Waals surface area contributed by atoms with Gasteiger partial charge in [-0.2, -0.15) is 13.5 Å². The molecule has 0 N–H and O–H groups in total. The summed E-state index contributed by atoms with van der Waals surface area (Å²) in [5.41, 5.74) is 3.01. The van der Waals surface area contributed by atoms with Crippen LogP contribution in [0, 0.1) is 11.8 Å². The Morgan fingerprint density at radius 1 is 0.955 bits per heavy atom. The number of rotatable bonds is 5. The van der Waals surface area contributed by atoms with Crippen LogP contribution in [0.15, 0.2) is 42.5 Å². The highest BCUT2D eigenvalue weighted by molar-refractivity contribution is 7.85. The molecule has 2 aromatic carbocycles. The van der Waals surface area contributed by atoms with Gasteiger partial charge in [-0.05, 0) is 114 Å². The largest absolute Gasteiger partial charge is 0.443 e. The molecule has 10 heteroatoms. The lowest BCUT2D eigenvalue weighted by molar-refractivity contribution is -0.0262. The second-order valence-corrected chi connectivity index (χ2v) is 15.3. The van der Waals surface area contributed by atoms with Gasteiger partial charge in [0.2, 0.25) is 0 Å². The first kappa shape index (κ1) is 30.8. The molecule has 0 unspecified atom stereocenters. The molecule has 2 saturated carbocycles. The number of carbonyl (C=O) groups excluding carboxylic acids is 2. The van der Waals surface area contributed by atoms with E-state index in [0.717, 1.165) is 41.9 Å². The zero-order valence-corrected chi connectivity index (χ0v) is 27.0. The van der Waals surface area contributed by atoms with E-state index in [9.17, 15) is 18.0 Å². The number of hydrogen-bond acceptors (Lipinski definition) is 7. The number of likely N-dealkylation sites (tertiary alicyclic amines) is 1. The summed E-state index contributed by atoms with van der Waals surface area (Å²) in [5, 5.41) is 1.69. The number of hydroxylamine groups is 2. The molecule has 3 fully saturated rings. The number of amides is 1. The van der Waals surface area contributed by atoms with E-state index in [1.165, 1.54) is 35.7 Å². The van der Waals surface area contributed by atoms with E-state index in [1.807, 2.05) is 18.2 Å². The van der Waals surface area contributed by atoms with E-state index in [0.29, 0.717) is 27.9 Å². The third-order valence-corrected chi connectivity index (χ3v) is 9.64. The molecule has 2 aliphatic heterocycles. The van der Waals surface area contributed by atoms with Crippen molar-refractivity contribution in [1.29, 1.82) is 0 Å². The van der Waals surface area contributed by atoms with E-state index in [2.05, 4.69) is 11.0 Å². The summed E-state index contributed by atoms with van der Waals surface area (Å²) in [6, 6.07) is 13.2. The Hall–Kier alpha value is -3.21. The molecule has 0 atom stereocenters. The van der Waals surface area contributed by atoms with Crippen LogP contribution in [-0.2, 0) is 32.2 Å². The first-order chi connectivity index (χ1) is 20.9. The van der Waals surface area contributed by atoms with Crippen LogP contribution >= 0.6 is 0 Å². The summed E-state index contributed by atoms with van der Waals surface area (Å²) >= 11 is 0. The van der Waals surface area contributed by atoms with Crippen molar-refractivity contribution in [3.05, 3.63) is 59.2 Å². The summed E-state index contributed by atoms with van der Waals surface area (Å²) in [6.45, 7) is 8.38. The maximum Gasteiger partial charge on any atom is 0.419 e. The SMILES string of the molecule is C1CC2CCC12.CC(C)(C)OC(=O)n1c(-c2cccc3c2C(=O)N(OS(C)(=O)=O)C3)cc2cc(CN3CCCCC3)ccc21. The fourth-order valence-corrected chi connectivity index (χ4v) is 7.23. The zero-order chi connectivity index (χ0) is 31.2. The van der Waals surface area contributed by atoms with Crippen molar-refractivity contribution in [2.24, 2.45) is 11.8 Å². The Balaban J connectivity index is 0.000000503. The Bertz CT molecular complexity index is 1660. The fraction of sp³-hybridized carbons (Fsp3) is 0.529. The zero-order valence-electron chi connectivity index (χ0n) is 26.2. The smallest absolute Gasteiger partial charge is 0.419 e. The van der Waals surface area contributed by atoms with Crippen molar-refractivity contribution in [2.75, 3.05) is 19.3 Å². The van der Waals surface area contributed by atoms with E-state index in [-0.39, 0.29) is 6.54 Å². The number of ether oxygens (including phenoxy) is 1. The van der Waals surface area contributed by atoms with Crippen LogP contribution in [0.25, 0.3) is 22.2 Å². The molecule has 9 nitrogen and oxygen atoms in total. The third kappa shape index (κ3) is 6.57. The maximum atomic E-state index is 13.5. The Labute approximate surface area is 260 Å². The molecule has 3 heterocycles. The number of fused-ring (bicyclic) bond motifs is 3. The molecule has 4 aliphatic rings. The average molecular weight is 622 g/mol. The molecule has 0 radical (unpaired) electrons. The summed E-state index contributed by atoms with van der Waals surface area (Å²) in [5.74, 6) is 1.85. The van der Waals surface area contributed by atoms with E-state index in [4.69, 9.17) is 9.02 Å². The van der Waals surface area contributed by atoms with Gasteiger partial charge in [0.25, 0.3) is 16.0 Å². The van der Waals surface area contributed by atoms with Gasteiger partial charge >= 0.3 is 6.09 Å². The number of hydrogen-bond donors (Lipinski definition) is 0. The molecule has 0 spiro atoms. The second kappa shape index (κ2) is 11.9. The van der Waals surface area contributed by atoms with Crippen LogP contribution in [0.1, 0.15) is 87.2 Å². The van der Waals surface area contributed by atoms with Crippen molar-refractivity contribution in [1.82, 2.24) is 14.5 Å². The number of benzene rings is 2. The van der Waals surface area contributed by atoms with Gasteiger partial charge < -0.3 is 4.74 Å². The van der Waals surface area contributed by atoms with Crippen LogP contribution in [0.3, 0.4) is 0 Å². The number of piperidine rings is 1. The summed E-state index contributed by atoms with van der Waals surface area (Å²) in [7, 11) is -3.89.